The van der Waals surface area contributed by atoms with Gasteiger partial charge < -0.3 is 4.74 Å². The predicted molar refractivity (Wildman–Crippen MR) is 110 cm³/mol. The number of halogens is 2. The summed E-state index contributed by atoms with van der Waals surface area (Å²) in [6.45, 7) is 0. The molecule has 1 aliphatic heterocycles. The van der Waals surface area contributed by atoms with Crippen LogP contribution in [0.5, 0.6) is 0 Å². The van der Waals surface area contributed by atoms with E-state index < -0.39 is 5.54 Å². The van der Waals surface area contributed by atoms with Crippen LogP contribution in [-0.4, -0.2) is 42.5 Å². The Balaban J connectivity index is 1.91. The number of amides is 1. The second-order valence-electron chi connectivity index (χ2n) is 7.49. The van der Waals surface area contributed by atoms with Crippen LogP contribution in [0.4, 0.5) is 4.39 Å². The summed E-state index contributed by atoms with van der Waals surface area (Å²) in [6, 6.07) is 3.47. The fourth-order valence-corrected chi connectivity index (χ4v) is 6.12. The molecule has 1 fully saturated rings. The fourth-order valence-electron chi connectivity index (χ4n) is 5.07. The lowest BCUT2D eigenvalue weighted by atomic mass is 9.61. The Kier molecular flexibility index (Phi) is 4.63. The van der Waals surface area contributed by atoms with Crippen LogP contribution in [-0.2, 0) is 21.5 Å². The van der Waals surface area contributed by atoms with Crippen molar-refractivity contribution in [1.82, 2.24) is 4.90 Å². The smallest absolute Gasteiger partial charge is 0.261 e. The third-order valence-electron chi connectivity index (χ3n) is 6.40. The monoisotopic (exact) mass is 488 g/mol. The lowest BCUT2D eigenvalue weighted by molar-refractivity contribution is -0.137. The Morgan fingerprint density at radius 2 is 2.08 bits per heavy atom. The Morgan fingerprint density at radius 3 is 2.65 bits per heavy atom. The van der Waals surface area contributed by atoms with Gasteiger partial charge in [-0.25, -0.2) is 9.38 Å². The maximum Gasteiger partial charge on any atom is 0.261 e. The highest BCUT2D eigenvalue weighted by Gasteiger charge is 2.66. The van der Waals surface area contributed by atoms with Gasteiger partial charge >= 0.3 is 0 Å². The summed E-state index contributed by atoms with van der Waals surface area (Å²) in [5.41, 5.74) is 0.637. The van der Waals surface area contributed by atoms with Crippen LogP contribution in [0.3, 0.4) is 0 Å². The molecule has 1 aromatic carbocycles. The molecule has 1 saturated carbocycles. The molecule has 1 unspecified atom stereocenters. The highest BCUT2D eigenvalue weighted by atomic mass is 127. The fraction of sp³-hybridized carbons (Fsp3) is 0.579. The molecule has 2 spiro atoms. The largest absolute Gasteiger partial charge is 0.381 e. The summed E-state index contributed by atoms with van der Waals surface area (Å²) < 4.78 is 20.4. The van der Waals surface area contributed by atoms with Gasteiger partial charge in [0, 0.05) is 23.1 Å². The topological polar surface area (TPSA) is 41.9 Å². The van der Waals surface area contributed by atoms with E-state index in [9.17, 15) is 9.18 Å². The van der Waals surface area contributed by atoms with Crippen LogP contribution < -0.4 is 0 Å². The Bertz CT molecular complexity index is 807. The molecule has 1 atom stereocenters. The zero-order valence-corrected chi connectivity index (χ0v) is 18.1. The molecular weight excluding hydrogens is 466 g/mol. The molecule has 7 heteroatoms. The number of amidine groups is 1. The van der Waals surface area contributed by atoms with Crippen LogP contribution in [0.2, 0.25) is 0 Å². The van der Waals surface area contributed by atoms with Crippen LogP contribution in [0.25, 0.3) is 0 Å². The molecule has 0 N–H and O–H groups in total. The zero-order chi connectivity index (χ0) is 18.7. The minimum atomic E-state index is -0.915. The molecule has 0 radical (unpaired) electrons. The van der Waals surface area contributed by atoms with Crippen molar-refractivity contribution in [1.29, 1.82) is 0 Å². The predicted octanol–water partition coefficient (Wildman–Crippen LogP) is 3.95. The summed E-state index contributed by atoms with van der Waals surface area (Å²) in [5.74, 6) is -0.186. The van der Waals surface area contributed by atoms with E-state index in [-0.39, 0.29) is 23.2 Å². The standard InChI is InChI=1S/C19H22FIN2O2S/c1-23-16(24)19(22-17(23)26-3)13-9-15(21)14(20)8-11(13)10-18(19)6-4-12(25-2)5-7-18/h8-9,12H,4-7,10H2,1-3H3. The summed E-state index contributed by atoms with van der Waals surface area (Å²) in [6.07, 6.45) is 6.43. The second-order valence-corrected chi connectivity index (χ2v) is 9.42. The van der Waals surface area contributed by atoms with Crippen molar-refractivity contribution in [3.05, 3.63) is 32.6 Å². The van der Waals surface area contributed by atoms with Crippen LogP contribution in [0.15, 0.2) is 17.1 Å². The minimum absolute atomic E-state index is 0.0267. The maximum absolute atomic E-state index is 14.3. The number of benzene rings is 1. The van der Waals surface area contributed by atoms with Gasteiger partial charge in [0.05, 0.1) is 6.10 Å². The lowest BCUT2D eigenvalue weighted by Crippen LogP contribution is -2.51. The third kappa shape index (κ3) is 2.35. The van der Waals surface area contributed by atoms with Crippen LogP contribution in [0.1, 0.15) is 36.8 Å². The normalized spacial score (nSPS) is 33.3. The van der Waals surface area contributed by atoms with Crippen molar-refractivity contribution in [2.75, 3.05) is 20.4 Å². The van der Waals surface area contributed by atoms with E-state index in [1.54, 1.807) is 25.1 Å². The number of thioether (sulfide) groups is 1. The minimum Gasteiger partial charge on any atom is -0.381 e. The van der Waals surface area contributed by atoms with Gasteiger partial charge in [-0.1, -0.05) is 11.8 Å². The maximum atomic E-state index is 14.3. The number of hydrogen-bond donors (Lipinski definition) is 0. The summed E-state index contributed by atoms with van der Waals surface area (Å²) in [5, 5.41) is 0.746. The number of nitrogens with zero attached hydrogens (tertiary/aromatic N) is 2. The Morgan fingerprint density at radius 1 is 1.38 bits per heavy atom. The SMILES string of the molecule is COC1CCC2(CC1)Cc1cc(F)c(I)cc1C21N=C(SC)N(C)C1=O. The molecule has 0 saturated heterocycles. The summed E-state index contributed by atoms with van der Waals surface area (Å²) >= 11 is 3.50. The van der Waals surface area contributed by atoms with Crippen molar-refractivity contribution in [3.8, 4) is 0 Å². The Labute approximate surface area is 171 Å². The molecule has 2 aliphatic carbocycles. The van der Waals surface area contributed by atoms with Crippen molar-refractivity contribution in [2.24, 2.45) is 10.4 Å². The number of ether oxygens (including phenoxy) is 1. The van der Waals surface area contributed by atoms with Crippen LogP contribution in [0, 0.1) is 14.8 Å². The first-order valence-electron chi connectivity index (χ1n) is 8.82. The van der Waals surface area contributed by atoms with E-state index in [0.29, 0.717) is 9.99 Å². The first-order chi connectivity index (χ1) is 12.4. The van der Waals surface area contributed by atoms with E-state index in [1.807, 2.05) is 34.9 Å². The molecular formula is C19H22FIN2O2S. The van der Waals surface area contributed by atoms with Gasteiger partial charge in [-0.2, -0.15) is 0 Å². The quantitative estimate of drug-likeness (QED) is 0.563. The molecule has 140 valence electrons. The number of hydrogen-bond acceptors (Lipinski definition) is 4. The molecule has 1 aromatic rings. The van der Waals surface area contributed by atoms with Gasteiger partial charge in [0.1, 0.15) is 5.82 Å². The molecule has 4 nitrogen and oxygen atoms in total. The molecule has 26 heavy (non-hydrogen) atoms. The number of methoxy groups -OCH3 is 1. The van der Waals surface area contributed by atoms with Crippen LogP contribution >= 0.6 is 34.4 Å². The summed E-state index contributed by atoms with van der Waals surface area (Å²) in [7, 11) is 3.55. The van der Waals surface area contributed by atoms with E-state index in [2.05, 4.69) is 0 Å². The van der Waals surface area contributed by atoms with Gasteiger partial charge in [0.2, 0.25) is 0 Å². The van der Waals surface area contributed by atoms with Crippen molar-refractivity contribution < 1.29 is 13.9 Å². The number of aliphatic imine (C=N–C) groups is 1. The van der Waals surface area contributed by atoms with Crippen molar-refractivity contribution in [3.63, 3.8) is 0 Å². The van der Waals surface area contributed by atoms with Gasteiger partial charge in [-0.3, -0.25) is 9.69 Å². The van der Waals surface area contributed by atoms with Gasteiger partial charge in [-0.05, 0) is 84.2 Å². The first-order valence-corrected chi connectivity index (χ1v) is 11.1. The molecule has 0 bridgehead atoms. The number of carbonyl (C=O) groups is 1. The molecule has 0 aromatic heterocycles. The number of fused-ring (bicyclic) bond motifs is 3. The van der Waals surface area contributed by atoms with Gasteiger partial charge in [0.25, 0.3) is 5.91 Å². The molecule has 3 aliphatic rings. The summed E-state index contributed by atoms with van der Waals surface area (Å²) in [4.78, 5) is 20.3. The molecule has 1 heterocycles. The second kappa shape index (κ2) is 6.44. The van der Waals surface area contributed by atoms with E-state index in [0.717, 1.165) is 42.0 Å². The van der Waals surface area contributed by atoms with Gasteiger partial charge in [0.15, 0.2) is 10.7 Å². The lowest BCUT2D eigenvalue weighted by Gasteiger charge is -2.45. The number of likely N-dealkylation sites (N-methyl/N-ethyl adjacent to an activating group) is 1. The van der Waals surface area contributed by atoms with E-state index >= 15 is 0 Å². The van der Waals surface area contributed by atoms with Crippen molar-refractivity contribution >= 4 is 45.4 Å². The molecule has 1 amide bonds. The van der Waals surface area contributed by atoms with E-state index in [1.165, 1.54) is 11.8 Å². The average molecular weight is 488 g/mol. The third-order valence-corrected chi connectivity index (χ3v) is 7.96. The average Bonchev–Trinajstić information content (AvgIpc) is 3.04. The number of rotatable bonds is 1. The van der Waals surface area contributed by atoms with Crippen molar-refractivity contribution in [2.45, 2.75) is 43.7 Å². The zero-order valence-electron chi connectivity index (χ0n) is 15.1. The molecule has 4 rings (SSSR count). The van der Waals surface area contributed by atoms with E-state index in [4.69, 9.17) is 9.73 Å². The Hall–Kier alpha value is -0.670. The highest BCUT2D eigenvalue weighted by Crippen LogP contribution is 2.62. The van der Waals surface area contributed by atoms with Gasteiger partial charge in [-0.15, -0.1) is 0 Å². The highest BCUT2D eigenvalue weighted by molar-refractivity contribution is 14.1. The number of carbonyl (C=O) groups excluding carboxylic acids is 1. The first kappa shape index (κ1) is 18.7.